The predicted octanol–water partition coefficient (Wildman–Crippen LogP) is 3.69. The molecule has 100 valence electrons. The highest BCUT2D eigenvalue weighted by atomic mass is 35.5. The zero-order valence-corrected chi connectivity index (χ0v) is 12.1. The Bertz CT molecular complexity index is 379. The first-order chi connectivity index (χ1) is 8.51. The quantitative estimate of drug-likeness (QED) is 0.783. The van der Waals surface area contributed by atoms with E-state index in [0.29, 0.717) is 18.2 Å². The smallest absolute Gasteiger partial charge is 0.220 e. The average Bonchev–Trinajstić information content (AvgIpc) is 2.39. The van der Waals surface area contributed by atoms with Gasteiger partial charge in [0.2, 0.25) is 5.91 Å². The SMILES string of the molecule is CCC(C)CC(=O)NC(C)(CCl)c1ccccc1. The maximum atomic E-state index is 12.0. The van der Waals surface area contributed by atoms with Crippen molar-refractivity contribution < 1.29 is 4.79 Å². The zero-order valence-electron chi connectivity index (χ0n) is 11.4. The van der Waals surface area contributed by atoms with Crippen molar-refractivity contribution in [2.75, 3.05) is 5.88 Å². The molecule has 0 heterocycles. The molecule has 0 spiro atoms. The summed E-state index contributed by atoms with van der Waals surface area (Å²) in [6.45, 7) is 6.14. The molecular formula is C15H22ClNO. The van der Waals surface area contributed by atoms with Gasteiger partial charge >= 0.3 is 0 Å². The molecule has 2 atom stereocenters. The summed E-state index contributed by atoms with van der Waals surface area (Å²) < 4.78 is 0. The van der Waals surface area contributed by atoms with E-state index in [9.17, 15) is 4.79 Å². The Morgan fingerprint density at radius 3 is 2.50 bits per heavy atom. The van der Waals surface area contributed by atoms with Crippen LogP contribution < -0.4 is 5.32 Å². The Hall–Kier alpha value is -1.02. The fraction of sp³-hybridized carbons (Fsp3) is 0.533. The number of hydrogen-bond acceptors (Lipinski definition) is 1. The van der Waals surface area contributed by atoms with Crippen LogP contribution in [0.3, 0.4) is 0 Å². The molecule has 18 heavy (non-hydrogen) atoms. The number of halogens is 1. The minimum atomic E-state index is -0.493. The fourth-order valence-corrected chi connectivity index (χ4v) is 2.03. The minimum Gasteiger partial charge on any atom is -0.346 e. The van der Waals surface area contributed by atoms with Crippen molar-refractivity contribution >= 4 is 17.5 Å². The van der Waals surface area contributed by atoms with Gasteiger partial charge in [0.1, 0.15) is 0 Å². The summed E-state index contributed by atoms with van der Waals surface area (Å²) in [5.41, 5.74) is 0.547. The van der Waals surface area contributed by atoms with Crippen molar-refractivity contribution in [2.45, 2.75) is 39.2 Å². The Morgan fingerprint density at radius 1 is 1.39 bits per heavy atom. The van der Waals surface area contributed by atoms with E-state index in [-0.39, 0.29) is 5.91 Å². The van der Waals surface area contributed by atoms with Crippen LogP contribution in [0.1, 0.15) is 39.2 Å². The largest absolute Gasteiger partial charge is 0.346 e. The number of benzene rings is 1. The van der Waals surface area contributed by atoms with Gasteiger partial charge < -0.3 is 5.32 Å². The summed E-state index contributed by atoms with van der Waals surface area (Å²) >= 11 is 6.04. The van der Waals surface area contributed by atoms with Gasteiger partial charge in [0, 0.05) is 12.3 Å². The van der Waals surface area contributed by atoms with Crippen molar-refractivity contribution in [1.82, 2.24) is 5.32 Å². The van der Waals surface area contributed by atoms with Gasteiger partial charge in [0.05, 0.1) is 5.54 Å². The Morgan fingerprint density at radius 2 is 2.00 bits per heavy atom. The minimum absolute atomic E-state index is 0.0661. The molecular weight excluding hydrogens is 246 g/mol. The Balaban J connectivity index is 2.75. The summed E-state index contributed by atoms with van der Waals surface area (Å²) in [5.74, 6) is 0.834. The number of carbonyl (C=O) groups is 1. The molecule has 0 aliphatic carbocycles. The van der Waals surface area contributed by atoms with Crippen LogP contribution in [0.4, 0.5) is 0 Å². The normalized spacial score (nSPS) is 15.8. The second-order valence-corrected chi connectivity index (χ2v) is 5.36. The number of nitrogens with one attached hydrogen (secondary N) is 1. The molecule has 1 aromatic carbocycles. The third-order valence-corrected chi connectivity index (χ3v) is 3.86. The first kappa shape index (κ1) is 15.0. The van der Waals surface area contributed by atoms with Gasteiger partial charge in [-0.25, -0.2) is 0 Å². The lowest BCUT2D eigenvalue weighted by molar-refractivity contribution is -0.123. The van der Waals surface area contributed by atoms with Crippen molar-refractivity contribution in [1.29, 1.82) is 0 Å². The summed E-state index contributed by atoms with van der Waals surface area (Å²) in [7, 11) is 0. The number of alkyl halides is 1. The molecule has 0 saturated carbocycles. The van der Waals surface area contributed by atoms with Gasteiger partial charge in [0.15, 0.2) is 0 Å². The molecule has 2 unspecified atom stereocenters. The van der Waals surface area contributed by atoms with Crippen molar-refractivity contribution in [2.24, 2.45) is 5.92 Å². The second-order valence-electron chi connectivity index (χ2n) is 5.10. The highest BCUT2D eigenvalue weighted by molar-refractivity contribution is 6.18. The van der Waals surface area contributed by atoms with Gasteiger partial charge in [-0.2, -0.15) is 0 Å². The summed E-state index contributed by atoms with van der Waals surface area (Å²) in [4.78, 5) is 12.0. The molecule has 1 rings (SSSR count). The third-order valence-electron chi connectivity index (χ3n) is 3.32. The predicted molar refractivity (Wildman–Crippen MR) is 76.7 cm³/mol. The van der Waals surface area contributed by atoms with E-state index in [2.05, 4.69) is 19.2 Å². The maximum Gasteiger partial charge on any atom is 0.220 e. The molecule has 1 N–H and O–H groups in total. The van der Waals surface area contributed by atoms with Crippen LogP contribution in [0.25, 0.3) is 0 Å². The Labute approximate surface area is 115 Å². The number of rotatable bonds is 6. The summed E-state index contributed by atoms with van der Waals surface area (Å²) in [5, 5.41) is 3.05. The molecule has 3 heteroatoms. The van der Waals surface area contributed by atoms with E-state index >= 15 is 0 Å². The molecule has 2 nitrogen and oxygen atoms in total. The molecule has 0 saturated heterocycles. The van der Waals surface area contributed by atoms with Gasteiger partial charge in [-0.15, -0.1) is 11.6 Å². The lowest BCUT2D eigenvalue weighted by Crippen LogP contribution is -2.45. The van der Waals surface area contributed by atoms with Gasteiger partial charge in [-0.3, -0.25) is 4.79 Å². The van der Waals surface area contributed by atoms with E-state index < -0.39 is 5.54 Å². The van der Waals surface area contributed by atoms with Gasteiger partial charge in [-0.05, 0) is 18.4 Å². The molecule has 0 aliphatic rings. The van der Waals surface area contributed by atoms with E-state index in [1.165, 1.54) is 0 Å². The standard InChI is InChI=1S/C15H22ClNO/c1-4-12(2)10-14(18)17-15(3,11-16)13-8-6-5-7-9-13/h5-9,12H,4,10-11H2,1-3H3,(H,17,18). The first-order valence-electron chi connectivity index (χ1n) is 6.44. The second kappa shape index (κ2) is 6.79. The van der Waals surface area contributed by atoms with E-state index in [1.807, 2.05) is 37.3 Å². The number of amides is 1. The maximum absolute atomic E-state index is 12.0. The van der Waals surface area contributed by atoms with Crippen LogP contribution in [0.15, 0.2) is 30.3 Å². The highest BCUT2D eigenvalue weighted by Gasteiger charge is 2.27. The van der Waals surface area contributed by atoms with Crippen LogP contribution in [0.2, 0.25) is 0 Å². The van der Waals surface area contributed by atoms with Crippen LogP contribution in [-0.4, -0.2) is 11.8 Å². The molecule has 0 bridgehead atoms. The molecule has 0 aliphatic heterocycles. The van der Waals surface area contributed by atoms with Gasteiger partial charge in [0.25, 0.3) is 0 Å². The molecule has 0 aromatic heterocycles. The first-order valence-corrected chi connectivity index (χ1v) is 6.97. The zero-order chi connectivity index (χ0) is 13.6. The van der Waals surface area contributed by atoms with Crippen LogP contribution >= 0.6 is 11.6 Å². The summed E-state index contributed by atoms with van der Waals surface area (Å²) in [6, 6.07) is 9.86. The number of hydrogen-bond donors (Lipinski definition) is 1. The van der Waals surface area contributed by atoms with E-state index in [0.717, 1.165) is 12.0 Å². The molecule has 0 fully saturated rings. The van der Waals surface area contributed by atoms with Crippen LogP contribution in [0.5, 0.6) is 0 Å². The van der Waals surface area contributed by atoms with Crippen LogP contribution in [-0.2, 0) is 10.3 Å². The lowest BCUT2D eigenvalue weighted by atomic mass is 9.93. The fourth-order valence-electron chi connectivity index (χ4n) is 1.81. The highest BCUT2D eigenvalue weighted by Crippen LogP contribution is 2.22. The third kappa shape index (κ3) is 4.02. The van der Waals surface area contributed by atoms with E-state index in [4.69, 9.17) is 11.6 Å². The topological polar surface area (TPSA) is 29.1 Å². The van der Waals surface area contributed by atoms with Gasteiger partial charge in [-0.1, -0.05) is 50.6 Å². The van der Waals surface area contributed by atoms with E-state index in [1.54, 1.807) is 0 Å². The van der Waals surface area contributed by atoms with Crippen LogP contribution in [0, 0.1) is 5.92 Å². The lowest BCUT2D eigenvalue weighted by Gasteiger charge is -2.29. The molecule has 1 aromatic rings. The summed E-state index contributed by atoms with van der Waals surface area (Å²) in [6.07, 6.45) is 1.56. The molecule has 1 amide bonds. The van der Waals surface area contributed by atoms with Crippen molar-refractivity contribution in [3.8, 4) is 0 Å². The Kier molecular flexibility index (Phi) is 5.67. The van der Waals surface area contributed by atoms with Crippen molar-refractivity contribution in [3.63, 3.8) is 0 Å². The number of carbonyl (C=O) groups excluding carboxylic acids is 1. The monoisotopic (exact) mass is 267 g/mol. The molecule has 0 radical (unpaired) electrons. The van der Waals surface area contributed by atoms with Crippen molar-refractivity contribution in [3.05, 3.63) is 35.9 Å². The average molecular weight is 268 g/mol.